The first-order chi connectivity index (χ1) is 9.72. The molecule has 0 bridgehead atoms. The fourth-order valence-electron chi connectivity index (χ4n) is 1.61. The normalized spacial score (nSPS) is 14.1. The number of nitrogens with zero attached hydrogens (tertiary/aromatic N) is 3. The SMILES string of the molecule is Nc1ncc(Br)nc1OCc1ccncc1OC1CC1. The van der Waals surface area contributed by atoms with Gasteiger partial charge in [0.1, 0.15) is 17.0 Å². The molecule has 3 rings (SSSR count). The Bertz CT molecular complexity index is 619. The number of pyridine rings is 1. The van der Waals surface area contributed by atoms with Crippen molar-refractivity contribution < 1.29 is 9.47 Å². The highest BCUT2D eigenvalue weighted by atomic mass is 79.9. The standard InChI is InChI=1S/C13H13BrN4O2/c14-11-6-17-12(15)13(18-11)19-7-8-3-4-16-5-10(8)20-9-1-2-9/h3-6,9H,1-2,7H2,(H2,15,17). The van der Waals surface area contributed by atoms with Crippen LogP contribution in [0.3, 0.4) is 0 Å². The summed E-state index contributed by atoms with van der Waals surface area (Å²) in [4.78, 5) is 12.2. The van der Waals surface area contributed by atoms with Crippen LogP contribution in [0.2, 0.25) is 0 Å². The van der Waals surface area contributed by atoms with Crippen molar-refractivity contribution in [1.29, 1.82) is 0 Å². The Morgan fingerprint density at radius 1 is 1.35 bits per heavy atom. The topological polar surface area (TPSA) is 83.2 Å². The maximum Gasteiger partial charge on any atom is 0.258 e. The van der Waals surface area contributed by atoms with Crippen LogP contribution in [-0.2, 0) is 6.61 Å². The molecule has 0 aromatic carbocycles. The molecule has 1 aliphatic carbocycles. The lowest BCUT2D eigenvalue weighted by molar-refractivity contribution is 0.266. The molecule has 0 unspecified atom stereocenters. The summed E-state index contributed by atoms with van der Waals surface area (Å²) in [5.74, 6) is 1.30. The number of halogens is 1. The molecule has 6 nitrogen and oxygen atoms in total. The van der Waals surface area contributed by atoms with Gasteiger partial charge in [0.2, 0.25) is 0 Å². The third kappa shape index (κ3) is 3.16. The largest absolute Gasteiger partial charge is 0.488 e. The number of ether oxygens (including phenoxy) is 2. The lowest BCUT2D eigenvalue weighted by Gasteiger charge is -2.11. The van der Waals surface area contributed by atoms with Crippen molar-refractivity contribution in [2.45, 2.75) is 25.6 Å². The highest BCUT2D eigenvalue weighted by Gasteiger charge is 2.24. The first kappa shape index (κ1) is 13.1. The van der Waals surface area contributed by atoms with Gasteiger partial charge in [0.05, 0.1) is 18.5 Å². The van der Waals surface area contributed by atoms with Gasteiger partial charge in [0.15, 0.2) is 5.82 Å². The van der Waals surface area contributed by atoms with E-state index in [0.29, 0.717) is 23.2 Å². The number of nitrogen functional groups attached to an aromatic ring is 1. The van der Waals surface area contributed by atoms with Crippen molar-refractivity contribution in [3.05, 3.63) is 34.8 Å². The molecular formula is C13H13BrN4O2. The molecule has 1 aliphatic rings. The Morgan fingerprint density at radius 2 is 2.20 bits per heavy atom. The van der Waals surface area contributed by atoms with Crippen LogP contribution in [0.5, 0.6) is 11.6 Å². The predicted octanol–water partition coefficient (Wildman–Crippen LogP) is 2.34. The molecule has 1 saturated carbocycles. The zero-order chi connectivity index (χ0) is 13.9. The average molecular weight is 337 g/mol. The predicted molar refractivity (Wildman–Crippen MR) is 76.4 cm³/mol. The van der Waals surface area contributed by atoms with Crippen LogP contribution >= 0.6 is 15.9 Å². The Kier molecular flexibility index (Phi) is 3.68. The van der Waals surface area contributed by atoms with Gasteiger partial charge >= 0.3 is 0 Å². The van der Waals surface area contributed by atoms with Crippen molar-refractivity contribution in [2.75, 3.05) is 5.73 Å². The second-order valence-corrected chi connectivity index (χ2v) is 5.28. The van der Waals surface area contributed by atoms with Crippen molar-refractivity contribution in [1.82, 2.24) is 15.0 Å². The fourth-order valence-corrected chi connectivity index (χ4v) is 1.88. The van der Waals surface area contributed by atoms with Crippen molar-refractivity contribution in [2.24, 2.45) is 0 Å². The molecular weight excluding hydrogens is 324 g/mol. The molecule has 0 aliphatic heterocycles. The molecule has 20 heavy (non-hydrogen) atoms. The number of aromatic nitrogens is 3. The zero-order valence-corrected chi connectivity index (χ0v) is 12.2. The van der Waals surface area contributed by atoms with Gasteiger partial charge in [-0.2, -0.15) is 0 Å². The molecule has 104 valence electrons. The molecule has 0 atom stereocenters. The second kappa shape index (κ2) is 5.62. The van der Waals surface area contributed by atoms with E-state index in [0.717, 1.165) is 24.2 Å². The van der Waals surface area contributed by atoms with Gasteiger partial charge in [-0.1, -0.05) is 0 Å². The van der Waals surface area contributed by atoms with Crippen LogP contribution in [0.25, 0.3) is 0 Å². The maximum atomic E-state index is 5.78. The molecule has 2 aromatic heterocycles. The molecule has 0 spiro atoms. The van der Waals surface area contributed by atoms with Crippen molar-refractivity contribution in [3.63, 3.8) is 0 Å². The monoisotopic (exact) mass is 336 g/mol. The minimum absolute atomic E-state index is 0.256. The van der Waals surface area contributed by atoms with Crippen LogP contribution in [0.1, 0.15) is 18.4 Å². The molecule has 2 heterocycles. The molecule has 0 saturated heterocycles. The van der Waals surface area contributed by atoms with E-state index in [4.69, 9.17) is 15.2 Å². The fraction of sp³-hybridized carbons (Fsp3) is 0.308. The van der Waals surface area contributed by atoms with Gasteiger partial charge < -0.3 is 15.2 Å². The minimum atomic E-state index is 0.256. The molecule has 1 fully saturated rings. The van der Waals surface area contributed by atoms with Gasteiger partial charge in [-0.25, -0.2) is 9.97 Å². The Hall–Kier alpha value is -1.89. The third-order valence-corrected chi connectivity index (χ3v) is 3.17. The third-order valence-electron chi connectivity index (χ3n) is 2.79. The number of anilines is 1. The van der Waals surface area contributed by atoms with E-state index in [2.05, 4.69) is 30.9 Å². The summed E-state index contributed by atoms with van der Waals surface area (Å²) in [6.45, 7) is 0.305. The lowest BCUT2D eigenvalue weighted by atomic mass is 10.2. The smallest absolute Gasteiger partial charge is 0.258 e. The van der Waals surface area contributed by atoms with Gasteiger partial charge in [-0.05, 0) is 34.8 Å². The highest BCUT2D eigenvalue weighted by Crippen LogP contribution is 2.29. The van der Waals surface area contributed by atoms with Crippen LogP contribution in [0, 0.1) is 0 Å². The maximum absolute atomic E-state index is 5.78. The van der Waals surface area contributed by atoms with Gasteiger partial charge in [0, 0.05) is 11.8 Å². The van der Waals surface area contributed by atoms with E-state index in [1.807, 2.05) is 6.07 Å². The molecule has 0 radical (unpaired) electrons. The van der Waals surface area contributed by atoms with E-state index in [1.165, 1.54) is 6.20 Å². The van der Waals surface area contributed by atoms with Crippen molar-refractivity contribution in [3.8, 4) is 11.6 Å². The molecule has 2 N–H and O–H groups in total. The summed E-state index contributed by atoms with van der Waals surface area (Å²) in [7, 11) is 0. The van der Waals surface area contributed by atoms with E-state index >= 15 is 0 Å². The van der Waals surface area contributed by atoms with E-state index < -0.39 is 0 Å². The summed E-state index contributed by atoms with van der Waals surface area (Å²) in [5.41, 5.74) is 6.63. The summed E-state index contributed by atoms with van der Waals surface area (Å²) >= 11 is 3.23. The summed E-state index contributed by atoms with van der Waals surface area (Å²) in [6.07, 6.45) is 7.43. The number of rotatable bonds is 5. The van der Waals surface area contributed by atoms with Gasteiger partial charge in [0.25, 0.3) is 5.88 Å². The molecule has 7 heteroatoms. The van der Waals surface area contributed by atoms with Gasteiger partial charge in [-0.3, -0.25) is 4.98 Å². The minimum Gasteiger partial charge on any atom is -0.488 e. The Balaban J connectivity index is 1.72. The van der Waals surface area contributed by atoms with E-state index in [1.54, 1.807) is 12.4 Å². The van der Waals surface area contributed by atoms with Crippen molar-refractivity contribution >= 4 is 21.7 Å². The number of hydrogen-bond donors (Lipinski definition) is 1. The summed E-state index contributed by atoms with van der Waals surface area (Å²) in [6, 6.07) is 1.86. The number of hydrogen-bond acceptors (Lipinski definition) is 6. The molecule has 0 amide bonds. The first-order valence-corrected chi connectivity index (χ1v) is 7.02. The zero-order valence-electron chi connectivity index (χ0n) is 10.6. The van der Waals surface area contributed by atoms with Gasteiger partial charge in [-0.15, -0.1) is 0 Å². The average Bonchev–Trinajstić information content (AvgIpc) is 3.25. The Labute approximate surface area is 124 Å². The summed E-state index contributed by atoms with van der Waals surface area (Å²) < 4.78 is 12.0. The van der Waals surface area contributed by atoms with Crippen LogP contribution in [0.4, 0.5) is 5.82 Å². The lowest BCUT2D eigenvalue weighted by Crippen LogP contribution is -2.06. The van der Waals surface area contributed by atoms with E-state index in [-0.39, 0.29) is 5.82 Å². The highest BCUT2D eigenvalue weighted by molar-refractivity contribution is 9.10. The summed E-state index contributed by atoms with van der Waals surface area (Å²) in [5, 5.41) is 0. The van der Waals surface area contributed by atoms with Crippen LogP contribution in [-0.4, -0.2) is 21.1 Å². The quantitative estimate of drug-likeness (QED) is 0.902. The number of nitrogens with two attached hydrogens (primary N) is 1. The second-order valence-electron chi connectivity index (χ2n) is 4.47. The molecule has 2 aromatic rings. The van der Waals surface area contributed by atoms with Crippen LogP contribution < -0.4 is 15.2 Å². The Morgan fingerprint density at radius 3 is 3.00 bits per heavy atom. The van der Waals surface area contributed by atoms with E-state index in [9.17, 15) is 0 Å². The van der Waals surface area contributed by atoms with Crippen LogP contribution in [0.15, 0.2) is 29.3 Å². The first-order valence-electron chi connectivity index (χ1n) is 6.23.